The van der Waals surface area contributed by atoms with Gasteiger partial charge in [0.25, 0.3) is 0 Å². The van der Waals surface area contributed by atoms with Crippen molar-refractivity contribution in [2.45, 2.75) is 38.8 Å². The lowest BCUT2D eigenvalue weighted by atomic mass is 10.1. The zero-order valence-corrected chi connectivity index (χ0v) is 10.4. The van der Waals surface area contributed by atoms with Gasteiger partial charge in [-0.25, -0.2) is 0 Å². The molecule has 1 heterocycles. The molecule has 1 saturated heterocycles. The highest BCUT2D eigenvalue weighted by atomic mass is 16.5. The summed E-state index contributed by atoms with van der Waals surface area (Å²) in [7, 11) is 0. The maximum absolute atomic E-state index is 12.1. The van der Waals surface area contributed by atoms with E-state index in [1.54, 1.807) is 4.90 Å². The summed E-state index contributed by atoms with van der Waals surface area (Å²) in [6.07, 6.45) is 2.08. The normalized spacial score (nSPS) is 26.9. The minimum Gasteiger partial charge on any atom is -0.377 e. The van der Waals surface area contributed by atoms with E-state index in [9.17, 15) is 9.59 Å². The Morgan fingerprint density at radius 2 is 2.18 bits per heavy atom. The summed E-state index contributed by atoms with van der Waals surface area (Å²) in [6.45, 7) is 5.15. The lowest BCUT2D eigenvalue weighted by Crippen LogP contribution is -2.60. The molecular formula is C12H20N2O3. The van der Waals surface area contributed by atoms with Gasteiger partial charge in [-0.2, -0.15) is 0 Å². The number of hydrogen-bond acceptors (Lipinski definition) is 3. The molecule has 0 aromatic rings. The van der Waals surface area contributed by atoms with Crippen LogP contribution in [0.25, 0.3) is 0 Å². The van der Waals surface area contributed by atoms with E-state index in [-0.39, 0.29) is 30.5 Å². The first-order valence-corrected chi connectivity index (χ1v) is 6.31. The van der Waals surface area contributed by atoms with Gasteiger partial charge in [0, 0.05) is 13.2 Å². The first kappa shape index (κ1) is 12.4. The van der Waals surface area contributed by atoms with Crippen molar-refractivity contribution >= 4 is 11.8 Å². The smallest absolute Gasteiger partial charge is 0.245 e. The topological polar surface area (TPSA) is 58.6 Å². The molecule has 0 aromatic carbocycles. The molecule has 1 aliphatic heterocycles. The minimum atomic E-state index is -0.287. The number of carbonyl (C=O) groups excluding carboxylic acids is 2. The molecule has 5 heteroatoms. The number of hydrogen-bond donors (Lipinski definition) is 1. The van der Waals surface area contributed by atoms with Crippen LogP contribution in [0.1, 0.15) is 26.7 Å². The molecule has 0 spiro atoms. The lowest BCUT2D eigenvalue weighted by Gasteiger charge is -2.34. The SMILES string of the molecule is CCOC(C)CN1CC(=O)NC(C2CC2)C1=O. The second-order valence-electron chi connectivity index (χ2n) is 4.87. The van der Waals surface area contributed by atoms with Gasteiger partial charge in [0.1, 0.15) is 6.04 Å². The molecular weight excluding hydrogens is 220 g/mol. The van der Waals surface area contributed by atoms with Crippen LogP contribution in [0.3, 0.4) is 0 Å². The third-order valence-corrected chi connectivity index (χ3v) is 3.25. The summed E-state index contributed by atoms with van der Waals surface area (Å²) in [5.41, 5.74) is 0. The molecule has 1 saturated carbocycles. The number of amides is 2. The van der Waals surface area contributed by atoms with Crippen LogP contribution in [-0.4, -0.2) is 48.6 Å². The number of carbonyl (C=O) groups is 2. The molecule has 2 amide bonds. The first-order valence-electron chi connectivity index (χ1n) is 6.31. The molecule has 1 N–H and O–H groups in total. The molecule has 17 heavy (non-hydrogen) atoms. The van der Waals surface area contributed by atoms with Crippen LogP contribution in [0, 0.1) is 5.92 Å². The minimum absolute atomic E-state index is 0.0188. The Bertz CT molecular complexity index is 315. The van der Waals surface area contributed by atoms with Crippen molar-refractivity contribution in [3.63, 3.8) is 0 Å². The van der Waals surface area contributed by atoms with Crippen molar-refractivity contribution in [3.05, 3.63) is 0 Å². The second-order valence-corrected chi connectivity index (χ2v) is 4.87. The van der Waals surface area contributed by atoms with Gasteiger partial charge in [0.2, 0.25) is 11.8 Å². The van der Waals surface area contributed by atoms with Crippen molar-refractivity contribution in [1.82, 2.24) is 10.2 Å². The Kier molecular flexibility index (Phi) is 3.66. The van der Waals surface area contributed by atoms with Crippen LogP contribution < -0.4 is 5.32 Å². The second kappa shape index (κ2) is 5.04. The van der Waals surface area contributed by atoms with Crippen LogP contribution in [0.4, 0.5) is 0 Å². The highest BCUT2D eigenvalue weighted by Gasteiger charge is 2.42. The van der Waals surface area contributed by atoms with E-state index in [2.05, 4.69) is 5.32 Å². The zero-order valence-electron chi connectivity index (χ0n) is 10.4. The fourth-order valence-corrected chi connectivity index (χ4v) is 2.28. The highest BCUT2D eigenvalue weighted by molar-refractivity contribution is 5.95. The predicted octanol–water partition coefficient (Wildman–Crippen LogP) is 0.148. The third kappa shape index (κ3) is 2.97. The van der Waals surface area contributed by atoms with E-state index in [1.807, 2.05) is 13.8 Å². The van der Waals surface area contributed by atoms with Gasteiger partial charge < -0.3 is 15.0 Å². The molecule has 2 unspecified atom stereocenters. The number of nitrogens with zero attached hydrogens (tertiary/aromatic N) is 1. The van der Waals surface area contributed by atoms with Crippen LogP contribution >= 0.6 is 0 Å². The van der Waals surface area contributed by atoms with Crippen LogP contribution in [-0.2, 0) is 14.3 Å². The van der Waals surface area contributed by atoms with E-state index in [0.29, 0.717) is 19.1 Å². The van der Waals surface area contributed by atoms with Crippen molar-refractivity contribution < 1.29 is 14.3 Å². The number of ether oxygens (including phenoxy) is 1. The van der Waals surface area contributed by atoms with Gasteiger partial charge in [-0.1, -0.05) is 0 Å². The summed E-state index contributed by atoms with van der Waals surface area (Å²) in [4.78, 5) is 25.3. The summed E-state index contributed by atoms with van der Waals surface area (Å²) in [5, 5.41) is 2.79. The maximum atomic E-state index is 12.1. The largest absolute Gasteiger partial charge is 0.377 e. The number of piperazine rings is 1. The Hall–Kier alpha value is -1.10. The Labute approximate surface area is 101 Å². The van der Waals surface area contributed by atoms with Gasteiger partial charge in [-0.05, 0) is 32.6 Å². The average Bonchev–Trinajstić information content (AvgIpc) is 3.07. The first-order chi connectivity index (χ1) is 8.11. The van der Waals surface area contributed by atoms with E-state index in [1.165, 1.54) is 0 Å². The highest BCUT2D eigenvalue weighted by Crippen LogP contribution is 2.34. The van der Waals surface area contributed by atoms with Crippen molar-refractivity contribution in [2.24, 2.45) is 5.92 Å². The molecule has 0 bridgehead atoms. The molecule has 0 radical (unpaired) electrons. The fourth-order valence-electron chi connectivity index (χ4n) is 2.28. The average molecular weight is 240 g/mol. The van der Waals surface area contributed by atoms with Crippen LogP contribution in [0.15, 0.2) is 0 Å². The van der Waals surface area contributed by atoms with Crippen molar-refractivity contribution in [3.8, 4) is 0 Å². The molecule has 96 valence electrons. The maximum Gasteiger partial charge on any atom is 0.245 e. The Morgan fingerprint density at radius 1 is 1.47 bits per heavy atom. The van der Waals surface area contributed by atoms with Gasteiger partial charge in [0.15, 0.2) is 0 Å². The third-order valence-electron chi connectivity index (χ3n) is 3.25. The van der Waals surface area contributed by atoms with Crippen LogP contribution in [0.5, 0.6) is 0 Å². The number of rotatable bonds is 5. The van der Waals surface area contributed by atoms with Gasteiger partial charge in [0.05, 0.1) is 12.6 Å². The fraction of sp³-hybridized carbons (Fsp3) is 0.833. The van der Waals surface area contributed by atoms with Crippen LogP contribution in [0.2, 0.25) is 0 Å². The summed E-state index contributed by atoms with van der Waals surface area (Å²) in [5.74, 6) is 0.362. The zero-order chi connectivity index (χ0) is 12.4. The molecule has 2 atom stereocenters. The quantitative estimate of drug-likeness (QED) is 0.744. The van der Waals surface area contributed by atoms with E-state index in [0.717, 1.165) is 12.8 Å². The lowest BCUT2D eigenvalue weighted by molar-refractivity contribution is -0.146. The summed E-state index contributed by atoms with van der Waals surface area (Å²) in [6, 6.07) is -0.287. The molecule has 0 aromatic heterocycles. The van der Waals surface area contributed by atoms with Gasteiger partial charge in [-0.3, -0.25) is 9.59 Å². The monoisotopic (exact) mass is 240 g/mol. The van der Waals surface area contributed by atoms with Crippen molar-refractivity contribution in [1.29, 1.82) is 0 Å². The van der Waals surface area contributed by atoms with Crippen molar-refractivity contribution in [2.75, 3.05) is 19.7 Å². The Balaban J connectivity index is 1.95. The summed E-state index contributed by atoms with van der Waals surface area (Å²) < 4.78 is 5.41. The van der Waals surface area contributed by atoms with E-state index in [4.69, 9.17) is 4.74 Å². The standard InChI is InChI=1S/C12H20N2O3/c1-3-17-8(2)6-14-7-10(15)13-11(12(14)16)9-4-5-9/h8-9,11H,3-7H2,1-2H3,(H,13,15). The number of nitrogens with one attached hydrogen (secondary N) is 1. The molecule has 2 aliphatic rings. The summed E-state index contributed by atoms with van der Waals surface area (Å²) >= 11 is 0. The molecule has 2 rings (SSSR count). The predicted molar refractivity (Wildman–Crippen MR) is 62.3 cm³/mol. The van der Waals surface area contributed by atoms with E-state index < -0.39 is 0 Å². The molecule has 5 nitrogen and oxygen atoms in total. The molecule has 1 aliphatic carbocycles. The Morgan fingerprint density at radius 3 is 2.76 bits per heavy atom. The van der Waals surface area contributed by atoms with E-state index >= 15 is 0 Å². The van der Waals surface area contributed by atoms with Gasteiger partial charge in [-0.15, -0.1) is 0 Å². The molecule has 2 fully saturated rings. The van der Waals surface area contributed by atoms with Gasteiger partial charge >= 0.3 is 0 Å².